The highest BCUT2D eigenvalue weighted by molar-refractivity contribution is 6.03. The summed E-state index contributed by atoms with van der Waals surface area (Å²) in [7, 11) is 0. The zero-order valence-electron chi connectivity index (χ0n) is 19.7. The number of aliphatic imine (C=N–C) groups is 1. The minimum atomic E-state index is -1.36. The summed E-state index contributed by atoms with van der Waals surface area (Å²) in [6.07, 6.45) is 4.22. The number of guanidine groups is 1. The molecule has 3 N–H and O–H groups in total. The third kappa shape index (κ3) is 6.60. The van der Waals surface area contributed by atoms with Gasteiger partial charge in [-0.1, -0.05) is 18.2 Å². The van der Waals surface area contributed by atoms with Gasteiger partial charge in [0.05, 0.1) is 18.7 Å². The number of nitrogens with zero attached hydrogens (tertiary/aromatic N) is 2. The molecule has 10 heteroatoms. The molecule has 0 bridgehead atoms. The molecule has 0 saturated carbocycles. The van der Waals surface area contributed by atoms with Crippen LogP contribution in [0.3, 0.4) is 0 Å². The van der Waals surface area contributed by atoms with Crippen LogP contribution >= 0.6 is 0 Å². The summed E-state index contributed by atoms with van der Waals surface area (Å²) in [5, 5.41) is 21.4. The highest BCUT2D eigenvalue weighted by Crippen LogP contribution is 2.22. The van der Waals surface area contributed by atoms with Crippen LogP contribution in [0.1, 0.15) is 30.4 Å². The summed E-state index contributed by atoms with van der Waals surface area (Å²) in [6.45, 7) is 1.74. The summed E-state index contributed by atoms with van der Waals surface area (Å²) in [5.74, 6) is -2.33. The lowest BCUT2D eigenvalue weighted by molar-refractivity contribution is -0.136. The highest BCUT2D eigenvalue weighted by Gasteiger charge is 2.26. The lowest BCUT2D eigenvalue weighted by Gasteiger charge is -2.22. The molecule has 1 fully saturated rings. The number of anilines is 1. The van der Waals surface area contributed by atoms with E-state index >= 15 is 0 Å². The maximum absolute atomic E-state index is 14.7. The number of aliphatic carboxylic acids is 2. The third-order valence-corrected chi connectivity index (χ3v) is 5.95. The maximum Gasteiger partial charge on any atom is 0.352 e. The number of rotatable bonds is 9. The molecule has 1 unspecified atom stereocenters. The predicted molar refractivity (Wildman–Crippen MR) is 131 cm³/mol. The van der Waals surface area contributed by atoms with Crippen molar-refractivity contribution in [3.05, 3.63) is 71.2 Å². The van der Waals surface area contributed by atoms with Crippen LogP contribution in [0, 0.1) is 5.82 Å². The van der Waals surface area contributed by atoms with E-state index in [9.17, 15) is 19.1 Å². The second-order valence-electron chi connectivity index (χ2n) is 8.58. The molecule has 2 aromatic rings. The summed E-state index contributed by atoms with van der Waals surface area (Å²) in [6, 6.07) is 12.1. The van der Waals surface area contributed by atoms with Crippen molar-refractivity contribution in [2.45, 2.75) is 31.8 Å². The van der Waals surface area contributed by atoms with Gasteiger partial charge in [-0.05, 0) is 48.6 Å². The van der Waals surface area contributed by atoms with Crippen molar-refractivity contribution in [3.8, 4) is 5.75 Å². The Bertz CT molecular complexity index is 1160. The Labute approximate surface area is 207 Å². The number of carboxylic acids is 2. The fourth-order valence-corrected chi connectivity index (χ4v) is 4.10. The SMILES string of the molecule is O=C(O)/C=C(\C(=O)O)N1CCN=C1Nc1ccc(Cc2ccc(OCC3CCCCO3)cc2F)cc1. The van der Waals surface area contributed by atoms with Gasteiger partial charge in [0.1, 0.15) is 23.9 Å². The first-order chi connectivity index (χ1) is 17.4. The Morgan fingerprint density at radius 1 is 1.19 bits per heavy atom. The molecule has 2 heterocycles. The molecule has 1 saturated heterocycles. The number of benzene rings is 2. The van der Waals surface area contributed by atoms with Crippen LogP contribution in [0.5, 0.6) is 5.75 Å². The largest absolute Gasteiger partial charge is 0.491 e. The molecule has 9 nitrogen and oxygen atoms in total. The lowest BCUT2D eigenvalue weighted by atomic mass is 10.0. The number of halogens is 1. The molecule has 2 aliphatic heterocycles. The zero-order chi connectivity index (χ0) is 25.5. The van der Waals surface area contributed by atoms with E-state index in [-0.39, 0.29) is 30.1 Å². The first-order valence-electron chi connectivity index (χ1n) is 11.8. The number of hydrogen-bond donors (Lipinski definition) is 3. The van der Waals surface area contributed by atoms with E-state index in [4.69, 9.17) is 14.6 Å². The fraction of sp³-hybridized carbons (Fsp3) is 0.346. The fourth-order valence-electron chi connectivity index (χ4n) is 4.10. The van der Waals surface area contributed by atoms with Crippen molar-refractivity contribution in [2.24, 2.45) is 4.99 Å². The average Bonchev–Trinajstić information content (AvgIpc) is 3.32. The number of carbonyl (C=O) groups is 2. The van der Waals surface area contributed by atoms with E-state index in [1.807, 2.05) is 12.1 Å². The van der Waals surface area contributed by atoms with Gasteiger partial charge in [0.15, 0.2) is 0 Å². The second-order valence-corrected chi connectivity index (χ2v) is 8.58. The minimum absolute atomic E-state index is 0.0554. The summed E-state index contributed by atoms with van der Waals surface area (Å²) in [4.78, 5) is 28.0. The van der Waals surface area contributed by atoms with Gasteiger partial charge in [0.25, 0.3) is 0 Å². The Hall–Kier alpha value is -3.92. The Kier molecular flexibility index (Phi) is 8.17. The van der Waals surface area contributed by atoms with Gasteiger partial charge in [-0.25, -0.2) is 14.0 Å². The molecule has 0 aromatic heterocycles. The summed E-state index contributed by atoms with van der Waals surface area (Å²) >= 11 is 0. The second kappa shape index (κ2) is 11.7. The molecule has 0 spiro atoms. The van der Waals surface area contributed by atoms with Crippen molar-refractivity contribution < 1.29 is 33.7 Å². The van der Waals surface area contributed by atoms with Gasteiger partial charge in [0, 0.05) is 31.3 Å². The quantitative estimate of drug-likeness (QED) is 0.450. The van der Waals surface area contributed by atoms with Crippen molar-refractivity contribution in [1.82, 2.24) is 4.90 Å². The summed E-state index contributed by atoms with van der Waals surface area (Å²) < 4.78 is 26.0. The van der Waals surface area contributed by atoms with Gasteiger partial charge >= 0.3 is 11.9 Å². The van der Waals surface area contributed by atoms with Crippen molar-refractivity contribution in [3.63, 3.8) is 0 Å². The standard InChI is InChI=1S/C26H28FN3O6/c27-22-14-20(36-16-21-3-1-2-12-35-21)9-6-18(22)13-17-4-7-19(8-5-17)29-26-28-10-11-30(26)23(25(33)34)15-24(31)32/h4-9,14-15,21H,1-3,10-13,16H2,(H,28,29)(H,31,32)(H,33,34)/b23-15+. The van der Waals surface area contributed by atoms with Crippen LogP contribution in [0.15, 0.2) is 59.2 Å². The van der Waals surface area contributed by atoms with Crippen molar-refractivity contribution >= 4 is 23.6 Å². The number of carboxylic acid groups (broad SMARTS) is 2. The van der Waals surface area contributed by atoms with Crippen LogP contribution < -0.4 is 10.1 Å². The smallest absolute Gasteiger partial charge is 0.352 e. The maximum atomic E-state index is 14.7. The van der Waals surface area contributed by atoms with Crippen LogP contribution in [0.4, 0.5) is 10.1 Å². The molecule has 190 valence electrons. The molecule has 0 amide bonds. The average molecular weight is 498 g/mol. The van der Waals surface area contributed by atoms with Gasteiger partial charge in [-0.3, -0.25) is 4.99 Å². The van der Waals surface area contributed by atoms with Crippen LogP contribution in [0.2, 0.25) is 0 Å². The van der Waals surface area contributed by atoms with Crippen molar-refractivity contribution in [1.29, 1.82) is 0 Å². The predicted octanol–water partition coefficient (Wildman–Crippen LogP) is 3.50. The van der Waals surface area contributed by atoms with Crippen LogP contribution in [-0.2, 0) is 20.7 Å². The van der Waals surface area contributed by atoms with E-state index < -0.39 is 11.9 Å². The zero-order valence-corrected chi connectivity index (χ0v) is 19.7. The van der Waals surface area contributed by atoms with Crippen LogP contribution in [-0.4, -0.2) is 65.4 Å². The topological polar surface area (TPSA) is 121 Å². The molecule has 4 rings (SSSR count). The first kappa shape index (κ1) is 25.2. The monoisotopic (exact) mass is 497 g/mol. The van der Waals surface area contributed by atoms with Gasteiger partial charge in [-0.15, -0.1) is 0 Å². The van der Waals surface area contributed by atoms with Crippen molar-refractivity contribution in [2.75, 3.05) is 31.6 Å². The Morgan fingerprint density at radius 3 is 2.67 bits per heavy atom. The Balaban J connectivity index is 1.35. The van der Waals surface area contributed by atoms with E-state index in [0.717, 1.165) is 31.4 Å². The normalized spacial score (nSPS) is 18.0. The van der Waals surface area contributed by atoms with Crippen LogP contribution in [0.25, 0.3) is 0 Å². The van der Waals surface area contributed by atoms with E-state index in [1.54, 1.807) is 24.3 Å². The number of hydrogen-bond acceptors (Lipinski definition) is 7. The third-order valence-electron chi connectivity index (χ3n) is 5.95. The minimum Gasteiger partial charge on any atom is -0.491 e. The molecular weight excluding hydrogens is 469 g/mol. The summed E-state index contributed by atoms with van der Waals surface area (Å²) in [5.41, 5.74) is 1.68. The number of nitrogens with one attached hydrogen (secondary N) is 1. The van der Waals surface area contributed by atoms with Gasteiger partial charge < -0.3 is 29.9 Å². The molecule has 1 atom stereocenters. The number of ether oxygens (including phenoxy) is 2. The molecule has 2 aromatic carbocycles. The van der Waals surface area contributed by atoms with E-state index in [2.05, 4.69) is 10.3 Å². The lowest BCUT2D eigenvalue weighted by Crippen LogP contribution is -2.35. The first-order valence-corrected chi connectivity index (χ1v) is 11.8. The molecule has 0 aliphatic carbocycles. The van der Waals surface area contributed by atoms with Gasteiger partial charge in [0.2, 0.25) is 5.96 Å². The van der Waals surface area contributed by atoms with E-state index in [1.165, 1.54) is 11.0 Å². The van der Waals surface area contributed by atoms with Gasteiger partial charge in [-0.2, -0.15) is 0 Å². The molecular formula is C26H28FN3O6. The molecule has 0 radical (unpaired) electrons. The molecule has 36 heavy (non-hydrogen) atoms. The molecule has 2 aliphatic rings. The van der Waals surface area contributed by atoms with E-state index in [0.29, 0.717) is 42.6 Å². The highest BCUT2D eigenvalue weighted by atomic mass is 19.1. The Morgan fingerprint density at radius 2 is 2.00 bits per heavy atom.